The molecule has 4 heteroatoms. The summed E-state index contributed by atoms with van der Waals surface area (Å²) in [5.74, 6) is 0. The second-order valence-electron chi connectivity index (χ2n) is 7.87. The van der Waals surface area contributed by atoms with Crippen molar-refractivity contribution >= 4 is 0 Å². The lowest BCUT2D eigenvalue weighted by atomic mass is 10.2. The molecule has 0 aliphatic heterocycles. The number of hydrogen-bond acceptors (Lipinski definition) is 0. The van der Waals surface area contributed by atoms with Gasteiger partial charge in [0.15, 0.2) is 0 Å². The fourth-order valence-corrected chi connectivity index (χ4v) is 3.95. The Kier molecular flexibility index (Phi) is 17.2. The number of rotatable bonds is 10. The summed E-state index contributed by atoms with van der Waals surface area (Å²) >= 11 is 0. The Morgan fingerprint density at radius 2 is 0.667 bits per heavy atom. The third kappa shape index (κ3) is 9.83. The van der Waals surface area contributed by atoms with Crippen molar-refractivity contribution in [2.24, 2.45) is 0 Å². The van der Waals surface area contributed by atoms with Gasteiger partial charge < -0.3 is 33.8 Å². The third-order valence-electron chi connectivity index (χ3n) is 6.75. The summed E-state index contributed by atoms with van der Waals surface area (Å²) in [6.07, 6.45) is 0. The van der Waals surface area contributed by atoms with Gasteiger partial charge in [-0.15, -0.1) is 0 Å². The standard InChI is InChI=1S/2C13H22N.2ClH/c2*1-4-14(5-2,6-3)12-13-10-8-7-9-11-13;;/h2*7-11H,4-6,12H2,1-3H3;2*1H/q2*+1;;/p-2. The molecule has 0 unspecified atom stereocenters. The maximum atomic E-state index is 2.29. The van der Waals surface area contributed by atoms with Gasteiger partial charge in [0.1, 0.15) is 13.1 Å². The summed E-state index contributed by atoms with van der Waals surface area (Å²) in [5, 5.41) is 0. The van der Waals surface area contributed by atoms with Gasteiger partial charge in [0, 0.05) is 11.1 Å². The molecule has 30 heavy (non-hydrogen) atoms. The van der Waals surface area contributed by atoms with Crippen LogP contribution in [0.2, 0.25) is 0 Å². The van der Waals surface area contributed by atoms with Crippen molar-refractivity contribution in [3.63, 3.8) is 0 Å². The molecule has 0 aromatic heterocycles. The second-order valence-corrected chi connectivity index (χ2v) is 7.87. The lowest BCUT2D eigenvalue weighted by Crippen LogP contribution is -3.00. The van der Waals surface area contributed by atoms with Crippen molar-refractivity contribution in [1.82, 2.24) is 0 Å². The van der Waals surface area contributed by atoms with Gasteiger partial charge in [-0.2, -0.15) is 0 Å². The van der Waals surface area contributed by atoms with Gasteiger partial charge in [0.25, 0.3) is 0 Å². The molecule has 0 heterocycles. The molecule has 2 rings (SSSR count). The van der Waals surface area contributed by atoms with Crippen LogP contribution in [0.5, 0.6) is 0 Å². The highest BCUT2D eigenvalue weighted by atomic mass is 35.5. The molecular weight excluding hydrogens is 411 g/mol. The van der Waals surface area contributed by atoms with Crippen molar-refractivity contribution in [2.45, 2.75) is 54.6 Å². The summed E-state index contributed by atoms with van der Waals surface area (Å²) in [4.78, 5) is 0. The van der Waals surface area contributed by atoms with Crippen LogP contribution in [0, 0.1) is 0 Å². The van der Waals surface area contributed by atoms with E-state index < -0.39 is 0 Å². The van der Waals surface area contributed by atoms with Crippen LogP contribution in [-0.4, -0.2) is 48.2 Å². The van der Waals surface area contributed by atoms with Crippen molar-refractivity contribution in [3.8, 4) is 0 Å². The Balaban J connectivity index is 0. The summed E-state index contributed by atoms with van der Waals surface area (Å²) in [6.45, 7) is 23.4. The first-order valence-electron chi connectivity index (χ1n) is 11.3. The van der Waals surface area contributed by atoms with Crippen molar-refractivity contribution in [1.29, 1.82) is 0 Å². The molecule has 0 aliphatic carbocycles. The predicted molar refractivity (Wildman–Crippen MR) is 124 cm³/mol. The molecule has 0 N–H and O–H groups in total. The second kappa shape index (κ2) is 16.6. The quantitative estimate of drug-likeness (QED) is 0.447. The minimum Gasteiger partial charge on any atom is -1.00 e. The Morgan fingerprint density at radius 1 is 0.433 bits per heavy atom. The SMILES string of the molecule is CC[N+](CC)(CC)Cc1ccccc1.CC[N+](CC)(CC)Cc1ccccc1.[Cl-].[Cl-]. The highest BCUT2D eigenvalue weighted by molar-refractivity contribution is 5.14. The average Bonchev–Trinajstić information content (AvgIpc) is 2.78. The molecule has 2 aromatic carbocycles. The van der Waals surface area contributed by atoms with E-state index >= 15 is 0 Å². The van der Waals surface area contributed by atoms with Gasteiger partial charge in [0.2, 0.25) is 0 Å². The lowest BCUT2D eigenvalue weighted by molar-refractivity contribution is -0.936. The first kappa shape index (κ1) is 31.1. The molecule has 0 fully saturated rings. The maximum Gasteiger partial charge on any atom is 0.104 e. The van der Waals surface area contributed by atoms with Crippen molar-refractivity contribution in [3.05, 3.63) is 71.8 Å². The topological polar surface area (TPSA) is 0 Å². The monoisotopic (exact) mass is 454 g/mol. The zero-order chi connectivity index (χ0) is 20.9. The van der Waals surface area contributed by atoms with Crippen LogP contribution in [0.15, 0.2) is 60.7 Å². The first-order valence-corrected chi connectivity index (χ1v) is 11.3. The van der Waals surface area contributed by atoms with Crippen LogP contribution in [0.3, 0.4) is 0 Å². The van der Waals surface area contributed by atoms with E-state index in [0.29, 0.717) is 0 Å². The van der Waals surface area contributed by atoms with E-state index in [2.05, 4.69) is 102 Å². The molecule has 0 saturated heterocycles. The van der Waals surface area contributed by atoms with Crippen LogP contribution >= 0.6 is 0 Å². The molecule has 0 radical (unpaired) electrons. The van der Waals surface area contributed by atoms with Crippen molar-refractivity contribution < 1.29 is 33.8 Å². The molecule has 0 amide bonds. The zero-order valence-electron chi connectivity index (χ0n) is 20.1. The number of quaternary nitrogens is 2. The molecule has 2 nitrogen and oxygen atoms in total. The zero-order valence-corrected chi connectivity index (χ0v) is 21.6. The van der Waals surface area contributed by atoms with E-state index in [9.17, 15) is 0 Å². The third-order valence-corrected chi connectivity index (χ3v) is 6.75. The Bertz CT molecular complexity index is 550. The predicted octanol–water partition coefficient (Wildman–Crippen LogP) is 0.134. The van der Waals surface area contributed by atoms with E-state index in [0.717, 1.165) is 0 Å². The van der Waals surface area contributed by atoms with E-state index in [-0.39, 0.29) is 24.8 Å². The largest absolute Gasteiger partial charge is 1.00 e. The van der Waals surface area contributed by atoms with Crippen LogP contribution in [0.4, 0.5) is 0 Å². The molecule has 0 spiro atoms. The summed E-state index contributed by atoms with van der Waals surface area (Å²) in [6, 6.07) is 21.6. The highest BCUT2D eigenvalue weighted by Crippen LogP contribution is 2.14. The number of benzene rings is 2. The maximum absolute atomic E-state index is 2.29. The van der Waals surface area contributed by atoms with Gasteiger partial charge >= 0.3 is 0 Å². The number of hydrogen-bond donors (Lipinski definition) is 0. The molecule has 172 valence electrons. The lowest BCUT2D eigenvalue weighted by Gasteiger charge is -2.35. The van der Waals surface area contributed by atoms with Gasteiger partial charge in [-0.25, -0.2) is 0 Å². The average molecular weight is 456 g/mol. The summed E-state index contributed by atoms with van der Waals surface area (Å²) in [5.41, 5.74) is 2.91. The molecule has 0 atom stereocenters. The molecule has 0 bridgehead atoms. The Labute approximate surface area is 199 Å². The fourth-order valence-electron chi connectivity index (χ4n) is 3.95. The Morgan fingerprint density at radius 3 is 0.867 bits per heavy atom. The first-order chi connectivity index (χ1) is 13.5. The summed E-state index contributed by atoms with van der Waals surface area (Å²) in [7, 11) is 0. The van der Waals surface area contributed by atoms with Gasteiger partial charge in [-0.1, -0.05) is 60.7 Å². The molecule has 0 aliphatic rings. The number of nitrogens with zero attached hydrogens (tertiary/aromatic N) is 2. The minimum absolute atomic E-state index is 0. The van der Waals surface area contributed by atoms with Crippen LogP contribution < -0.4 is 24.8 Å². The van der Waals surface area contributed by atoms with E-state index in [4.69, 9.17) is 0 Å². The molecule has 2 aromatic rings. The van der Waals surface area contributed by atoms with E-state index in [1.54, 1.807) is 0 Å². The van der Waals surface area contributed by atoms with E-state index in [1.807, 2.05) is 0 Å². The molecular formula is C26H44Cl2N2. The minimum atomic E-state index is 0. The van der Waals surface area contributed by atoms with Gasteiger partial charge in [-0.05, 0) is 41.5 Å². The highest BCUT2D eigenvalue weighted by Gasteiger charge is 2.21. The van der Waals surface area contributed by atoms with Crippen LogP contribution in [0.25, 0.3) is 0 Å². The normalized spacial score (nSPS) is 10.9. The smallest absolute Gasteiger partial charge is 0.104 e. The Hall–Kier alpha value is -1.06. The van der Waals surface area contributed by atoms with E-state index in [1.165, 1.54) is 72.5 Å². The molecule has 0 saturated carbocycles. The fraction of sp³-hybridized carbons (Fsp3) is 0.538. The summed E-state index contributed by atoms with van der Waals surface area (Å²) < 4.78 is 2.40. The van der Waals surface area contributed by atoms with Gasteiger partial charge in [0.05, 0.1) is 39.3 Å². The number of halogens is 2. The van der Waals surface area contributed by atoms with Crippen LogP contribution in [-0.2, 0) is 13.1 Å². The van der Waals surface area contributed by atoms with Crippen LogP contribution in [0.1, 0.15) is 52.7 Å². The van der Waals surface area contributed by atoms with Crippen molar-refractivity contribution in [2.75, 3.05) is 39.3 Å². The van der Waals surface area contributed by atoms with Gasteiger partial charge in [-0.3, -0.25) is 0 Å².